The fourth-order valence-corrected chi connectivity index (χ4v) is 3.73. The second-order valence-corrected chi connectivity index (χ2v) is 7.75. The fourth-order valence-electron chi connectivity index (χ4n) is 3.73. The third-order valence-electron chi connectivity index (χ3n) is 5.58. The summed E-state index contributed by atoms with van der Waals surface area (Å²) >= 11 is 0. The van der Waals surface area contributed by atoms with Crippen molar-refractivity contribution in [3.05, 3.63) is 115 Å². The van der Waals surface area contributed by atoms with Gasteiger partial charge in [-0.05, 0) is 43.5 Å². The Bertz CT molecular complexity index is 1340. The Balaban J connectivity index is 1.62. The van der Waals surface area contributed by atoms with E-state index in [1.807, 2.05) is 43.3 Å². The van der Waals surface area contributed by atoms with Crippen LogP contribution in [-0.4, -0.2) is 4.92 Å². The molecule has 162 valence electrons. The number of non-ortho nitro benzene ring substituents is 1. The maximum atomic E-state index is 13.0. The predicted octanol–water partition coefficient (Wildman–Crippen LogP) is 5.68. The second kappa shape index (κ2) is 9.06. The molecule has 0 aliphatic heterocycles. The van der Waals surface area contributed by atoms with E-state index >= 15 is 0 Å². The van der Waals surface area contributed by atoms with Crippen molar-refractivity contribution in [2.75, 3.05) is 0 Å². The summed E-state index contributed by atoms with van der Waals surface area (Å²) in [4.78, 5) is 23.6. The minimum atomic E-state index is -0.411. The van der Waals surface area contributed by atoms with Crippen LogP contribution in [0, 0.1) is 24.0 Å². The molecule has 6 nitrogen and oxygen atoms in total. The van der Waals surface area contributed by atoms with Gasteiger partial charge in [-0.1, -0.05) is 42.5 Å². The maximum absolute atomic E-state index is 13.0. The van der Waals surface area contributed by atoms with Gasteiger partial charge >= 0.3 is 0 Å². The standard InChI is InChI=1S/C26H23NO5/c1-17-24(13-11-19-9-6-10-21(15-19)27(29)30)32-26-18(2)23(14-12-22(26)25(17)28)31-16-20-7-4-3-5-8-20/h3-10,12,14-15H,11,13,16H2,1-2H3. The van der Waals surface area contributed by atoms with Crippen LogP contribution in [-0.2, 0) is 19.4 Å². The molecule has 32 heavy (non-hydrogen) atoms. The van der Waals surface area contributed by atoms with E-state index in [1.54, 1.807) is 31.2 Å². The zero-order valence-corrected chi connectivity index (χ0v) is 18.0. The van der Waals surface area contributed by atoms with Crippen LogP contribution in [0.5, 0.6) is 5.75 Å². The fraction of sp³-hybridized carbons (Fsp3) is 0.192. The molecule has 0 amide bonds. The van der Waals surface area contributed by atoms with E-state index in [4.69, 9.17) is 9.15 Å². The van der Waals surface area contributed by atoms with Crippen molar-refractivity contribution in [1.82, 2.24) is 0 Å². The molecule has 0 unspecified atom stereocenters. The number of fused-ring (bicyclic) bond motifs is 1. The summed E-state index contributed by atoms with van der Waals surface area (Å²) in [6.45, 7) is 4.05. The summed E-state index contributed by atoms with van der Waals surface area (Å²) in [6.07, 6.45) is 0.993. The minimum Gasteiger partial charge on any atom is -0.488 e. The van der Waals surface area contributed by atoms with Gasteiger partial charge in [0.25, 0.3) is 5.69 Å². The van der Waals surface area contributed by atoms with E-state index in [1.165, 1.54) is 6.07 Å². The third kappa shape index (κ3) is 4.39. The first-order chi connectivity index (χ1) is 15.4. The van der Waals surface area contributed by atoms with Crippen LogP contribution >= 0.6 is 0 Å². The highest BCUT2D eigenvalue weighted by Gasteiger charge is 2.16. The second-order valence-electron chi connectivity index (χ2n) is 7.75. The largest absolute Gasteiger partial charge is 0.488 e. The van der Waals surface area contributed by atoms with Crippen molar-refractivity contribution >= 4 is 16.7 Å². The zero-order valence-electron chi connectivity index (χ0n) is 18.0. The molecule has 0 saturated carbocycles. The number of nitro benzene ring substituents is 1. The highest BCUT2D eigenvalue weighted by atomic mass is 16.6. The molecule has 0 aliphatic carbocycles. The Morgan fingerprint density at radius 1 is 0.906 bits per heavy atom. The first kappa shape index (κ1) is 21.3. The predicted molar refractivity (Wildman–Crippen MR) is 123 cm³/mol. The van der Waals surface area contributed by atoms with Gasteiger partial charge in [-0.15, -0.1) is 0 Å². The van der Waals surface area contributed by atoms with Gasteiger partial charge in [-0.25, -0.2) is 0 Å². The molecule has 0 fully saturated rings. The van der Waals surface area contributed by atoms with E-state index in [2.05, 4.69) is 0 Å². The monoisotopic (exact) mass is 429 g/mol. The number of nitrogens with zero attached hydrogens (tertiary/aromatic N) is 1. The zero-order chi connectivity index (χ0) is 22.7. The molecule has 0 saturated heterocycles. The number of benzene rings is 3. The molecule has 1 aromatic heterocycles. The van der Waals surface area contributed by atoms with Crippen molar-refractivity contribution in [2.24, 2.45) is 0 Å². The molecule has 0 radical (unpaired) electrons. The van der Waals surface area contributed by atoms with Crippen molar-refractivity contribution in [1.29, 1.82) is 0 Å². The van der Waals surface area contributed by atoms with Gasteiger partial charge in [-0.3, -0.25) is 14.9 Å². The molecular weight excluding hydrogens is 406 g/mol. The van der Waals surface area contributed by atoms with E-state index in [0.29, 0.717) is 47.5 Å². The van der Waals surface area contributed by atoms with Crippen LogP contribution in [0.15, 0.2) is 75.9 Å². The molecule has 4 aromatic rings. The van der Waals surface area contributed by atoms with Crippen LogP contribution < -0.4 is 10.2 Å². The van der Waals surface area contributed by atoms with Crippen molar-refractivity contribution in [2.45, 2.75) is 33.3 Å². The highest BCUT2D eigenvalue weighted by Crippen LogP contribution is 2.28. The summed E-state index contributed by atoms with van der Waals surface area (Å²) in [6, 6.07) is 19.9. The first-order valence-electron chi connectivity index (χ1n) is 10.4. The normalized spacial score (nSPS) is 10.9. The number of aryl methyl sites for hydroxylation is 3. The Morgan fingerprint density at radius 3 is 2.41 bits per heavy atom. The Hall–Kier alpha value is -3.93. The van der Waals surface area contributed by atoms with Crippen LogP contribution in [0.25, 0.3) is 11.0 Å². The van der Waals surface area contributed by atoms with E-state index < -0.39 is 4.92 Å². The summed E-state index contributed by atoms with van der Waals surface area (Å²) in [5.74, 6) is 1.25. The van der Waals surface area contributed by atoms with Gasteiger partial charge in [0.1, 0.15) is 23.7 Å². The van der Waals surface area contributed by atoms with E-state index in [9.17, 15) is 14.9 Å². The molecule has 1 heterocycles. The summed E-state index contributed by atoms with van der Waals surface area (Å²) in [7, 11) is 0. The molecule has 6 heteroatoms. The van der Waals surface area contributed by atoms with Crippen LogP contribution in [0.3, 0.4) is 0 Å². The minimum absolute atomic E-state index is 0.0511. The van der Waals surface area contributed by atoms with Crippen molar-refractivity contribution in [3.63, 3.8) is 0 Å². The van der Waals surface area contributed by atoms with E-state index in [-0.39, 0.29) is 11.1 Å². The van der Waals surface area contributed by atoms with Gasteiger partial charge in [0.2, 0.25) is 0 Å². The van der Waals surface area contributed by atoms with Gasteiger partial charge < -0.3 is 9.15 Å². The van der Waals surface area contributed by atoms with Crippen molar-refractivity contribution in [3.8, 4) is 5.75 Å². The van der Waals surface area contributed by atoms with Crippen molar-refractivity contribution < 1.29 is 14.1 Å². The summed E-state index contributed by atoms with van der Waals surface area (Å²) in [5, 5.41) is 11.5. The first-order valence-corrected chi connectivity index (χ1v) is 10.4. The topological polar surface area (TPSA) is 82.6 Å². The Kier molecular flexibility index (Phi) is 6.03. The lowest BCUT2D eigenvalue weighted by atomic mass is 10.0. The Labute approximate surface area is 185 Å². The highest BCUT2D eigenvalue weighted by molar-refractivity contribution is 5.82. The third-order valence-corrected chi connectivity index (χ3v) is 5.58. The molecule has 0 aliphatic rings. The summed E-state index contributed by atoms with van der Waals surface area (Å²) < 4.78 is 12.2. The summed E-state index contributed by atoms with van der Waals surface area (Å²) in [5.41, 5.74) is 3.69. The van der Waals surface area contributed by atoms with Crippen LogP contribution in [0.2, 0.25) is 0 Å². The van der Waals surface area contributed by atoms with Gasteiger partial charge in [0.05, 0.1) is 10.3 Å². The lowest BCUT2D eigenvalue weighted by Crippen LogP contribution is -2.11. The number of nitro groups is 1. The van der Waals surface area contributed by atoms with Gasteiger partial charge in [0.15, 0.2) is 5.43 Å². The van der Waals surface area contributed by atoms with E-state index in [0.717, 1.165) is 16.7 Å². The SMILES string of the molecule is Cc1c(CCc2cccc([N+](=O)[O-])c2)oc2c(C)c(OCc3ccccc3)ccc2c1=O. The lowest BCUT2D eigenvalue weighted by Gasteiger charge is -2.13. The smallest absolute Gasteiger partial charge is 0.269 e. The molecular formula is C26H23NO5. The molecule has 0 bridgehead atoms. The lowest BCUT2D eigenvalue weighted by molar-refractivity contribution is -0.384. The average molecular weight is 429 g/mol. The van der Waals surface area contributed by atoms with Gasteiger partial charge in [-0.2, -0.15) is 0 Å². The molecule has 0 atom stereocenters. The number of hydrogen-bond acceptors (Lipinski definition) is 5. The van der Waals surface area contributed by atoms with Crippen LogP contribution in [0.1, 0.15) is 28.0 Å². The Morgan fingerprint density at radius 2 is 1.66 bits per heavy atom. The number of hydrogen-bond donors (Lipinski definition) is 0. The number of rotatable bonds is 7. The molecule has 0 N–H and O–H groups in total. The molecule has 3 aromatic carbocycles. The number of ether oxygens (including phenoxy) is 1. The molecule has 0 spiro atoms. The van der Waals surface area contributed by atoms with Crippen LogP contribution in [0.4, 0.5) is 5.69 Å². The van der Waals surface area contributed by atoms with Gasteiger partial charge in [0, 0.05) is 29.7 Å². The average Bonchev–Trinajstić information content (AvgIpc) is 2.81. The molecule has 4 rings (SSSR count). The maximum Gasteiger partial charge on any atom is 0.269 e. The quantitative estimate of drug-likeness (QED) is 0.279.